The molecule has 1 aliphatic heterocycles. The number of hydrogen-bond acceptors (Lipinski definition) is 12. The molecule has 6 aliphatic rings. The van der Waals surface area contributed by atoms with E-state index in [9.17, 15) is 35.1 Å². The summed E-state index contributed by atoms with van der Waals surface area (Å²) in [5.74, 6) is -4.39. The summed E-state index contributed by atoms with van der Waals surface area (Å²) in [5.41, 5.74) is -5.67. The van der Waals surface area contributed by atoms with Gasteiger partial charge in [-0.25, -0.2) is 4.79 Å². The van der Waals surface area contributed by atoms with Crippen molar-refractivity contribution in [3.8, 4) is 0 Å². The molecular formula is C32H43NO11. The maximum atomic E-state index is 13.6. The van der Waals surface area contributed by atoms with Gasteiger partial charge in [0.25, 0.3) is 0 Å². The van der Waals surface area contributed by atoms with Gasteiger partial charge in [0.1, 0.15) is 23.9 Å². The molecule has 7 rings (SSSR count). The Morgan fingerprint density at radius 2 is 1.75 bits per heavy atom. The molecule has 12 heteroatoms. The number of methoxy groups -OCH3 is 2. The fourth-order valence-corrected chi connectivity index (χ4v) is 11.8. The first kappa shape index (κ1) is 30.5. The van der Waals surface area contributed by atoms with Crippen molar-refractivity contribution in [3.05, 3.63) is 35.9 Å². The third kappa shape index (κ3) is 3.26. The third-order valence-corrected chi connectivity index (χ3v) is 12.8. The van der Waals surface area contributed by atoms with Crippen molar-refractivity contribution >= 4 is 11.9 Å². The summed E-state index contributed by atoms with van der Waals surface area (Å²) in [6.07, 6.45) is -7.18. The lowest BCUT2D eigenvalue weighted by molar-refractivity contribution is -0.320. The van der Waals surface area contributed by atoms with Crippen LogP contribution in [-0.4, -0.2) is 130 Å². The zero-order valence-corrected chi connectivity index (χ0v) is 25.4. The van der Waals surface area contributed by atoms with Crippen LogP contribution in [0.25, 0.3) is 0 Å². The van der Waals surface area contributed by atoms with E-state index in [1.807, 2.05) is 6.92 Å². The van der Waals surface area contributed by atoms with Crippen LogP contribution in [0.5, 0.6) is 0 Å². The Hall–Kier alpha value is -2.16. The van der Waals surface area contributed by atoms with Gasteiger partial charge >= 0.3 is 11.9 Å². The minimum absolute atomic E-state index is 0.100. The van der Waals surface area contributed by atoms with E-state index in [1.165, 1.54) is 14.0 Å². The summed E-state index contributed by atoms with van der Waals surface area (Å²) < 4.78 is 24.9. The van der Waals surface area contributed by atoms with Gasteiger partial charge in [-0.15, -0.1) is 0 Å². The first-order valence-corrected chi connectivity index (χ1v) is 15.6. The highest BCUT2D eigenvalue weighted by Crippen LogP contribution is 2.80. The quantitative estimate of drug-likeness (QED) is 0.245. The summed E-state index contributed by atoms with van der Waals surface area (Å²) >= 11 is 0. The number of carbonyl (C=O) groups excluding carboxylic acids is 2. The zero-order valence-electron chi connectivity index (χ0n) is 25.4. The Morgan fingerprint density at radius 3 is 2.34 bits per heavy atom. The predicted molar refractivity (Wildman–Crippen MR) is 151 cm³/mol. The summed E-state index contributed by atoms with van der Waals surface area (Å²) in [5, 5.41) is 59.1. The van der Waals surface area contributed by atoms with E-state index in [-0.39, 0.29) is 25.0 Å². The zero-order chi connectivity index (χ0) is 31.6. The SMILES string of the molecule is CCN1C[C@]2(CO)[C@H](O)C[C@H](OC)[C@]34C1[C@@H]([C@H](OC)[C@H]23)[C@]1(OC(C)=O)[C@H]2[C@@H](OC(=O)c3ccccc3)[C@](O)(C[C@H]24)[C@@H](O)[C@@H]1O. The van der Waals surface area contributed by atoms with Gasteiger partial charge in [0.05, 0.1) is 30.5 Å². The van der Waals surface area contributed by atoms with E-state index in [2.05, 4.69) is 4.90 Å². The van der Waals surface area contributed by atoms with E-state index in [0.717, 1.165) is 0 Å². The molecule has 0 amide bonds. The lowest BCUT2D eigenvalue weighted by Crippen LogP contribution is -2.81. The monoisotopic (exact) mass is 617 g/mol. The molecule has 1 unspecified atom stereocenters. The second kappa shape index (κ2) is 9.92. The van der Waals surface area contributed by atoms with Crippen molar-refractivity contribution in [2.75, 3.05) is 33.9 Å². The molecule has 1 aromatic carbocycles. The molecule has 44 heavy (non-hydrogen) atoms. The fraction of sp³-hybridized carbons (Fsp3) is 0.750. The minimum Gasteiger partial charge on any atom is -0.455 e. The molecule has 242 valence electrons. The van der Waals surface area contributed by atoms with Gasteiger partial charge < -0.3 is 44.5 Å². The summed E-state index contributed by atoms with van der Waals surface area (Å²) in [7, 11) is 3.09. The summed E-state index contributed by atoms with van der Waals surface area (Å²) in [4.78, 5) is 28.8. The third-order valence-electron chi connectivity index (χ3n) is 12.8. The van der Waals surface area contributed by atoms with Crippen molar-refractivity contribution < 1.29 is 54.1 Å². The first-order chi connectivity index (χ1) is 20.9. The molecule has 5 N–H and O–H groups in total. The van der Waals surface area contributed by atoms with Crippen LogP contribution < -0.4 is 0 Å². The second-order valence-corrected chi connectivity index (χ2v) is 13.9. The van der Waals surface area contributed by atoms with Crippen LogP contribution in [-0.2, 0) is 23.7 Å². The fourth-order valence-electron chi connectivity index (χ4n) is 11.8. The number of carbonyl (C=O) groups is 2. The average Bonchev–Trinajstić information content (AvgIpc) is 3.40. The largest absolute Gasteiger partial charge is 0.455 e. The van der Waals surface area contributed by atoms with Gasteiger partial charge in [0.15, 0.2) is 5.60 Å². The van der Waals surface area contributed by atoms with Gasteiger partial charge in [0.2, 0.25) is 0 Å². The maximum absolute atomic E-state index is 13.6. The molecule has 0 aromatic heterocycles. The molecule has 1 heterocycles. The molecule has 0 radical (unpaired) electrons. The van der Waals surface area contributed by atoms with Crippen molar-refractivity contribution in [3.63, 3.8) is 0 Å². The van der Waals surface area contributed by atoms with E-state index in [1.54, 1.807) is 37.4 Å². The topological polar surface area (TPSA) is 175 Å². The van der Waals surface area contributed by atoms with E-state index >= 15 is 0 Å². The van der Waals surface area contributed by atoms with Crippen LogP contribution in [0, 0.1) is 34.5 Å². The molecule has 1 spiro atoms. The number of likely N-dealkylation sites (tertiary alicyclic amines) is 1. The molecular weight excluding hydrogens is 574 g/mol. The molecule has 12 nitrogen and oxygen atoms in total. The number of ether oxygens (including phenoxy) is 4. The van der Waals surface area contributed by atoms with Crippen molar-refractivity contribution in [1.29, 1.82) is 0 Å². The van der Waals surface area contributed by atoms with Gasteiger partial charge in [-0.2, -0.15) is 0 Å². The number of aliphatic hydroxyl groups is 5. The second-order valence-electron chi connectivity index (χ2n) is 13.9. The van der Waals surface area contributed by atoms with E-state index in [4.69, 9.17) is 18.9 Å². The molecule has 7 bridgehead atoms. The number of esters is 2. The summed E-state index contributed by atoms with van der Waals surface area (Å²) in [6, 6.07) is 7.83. The van der Waals surface area contributed by atoms with Crippen LogP contribution in [0.1, 0.15) is 37.0 Å². The molecule has 5 aliphatic carbocycles. The number of hydrogen-bond donors (Lipinski definition) is 5. The normalized spacial score (nSPS) is 51.6. The Balaban J connectivity index is 1.52. The van der Waals surface area contributed by atoms with E-state index in [0.29, 0.717) is 13.1 Å². The van der Waals surface area contributed by atoms with Gasteiger partial charge in [0, 0.05) is 68.7 Å². The number of benzene rings is 1. The molecule has 1 saturated heterocycles. The Bertz CT molecular complexity index is 1330. The first-order valence-electron chi connectivity index (χ1n) is 15.6. The van der Waals surface area contributed by atoms with Crippen LogP contribution in [0.15, 0.2) is 30.3 Å². The highest BCUT2D eigenvalue weighted by atomic mass is 16.6. The minimum atomic E-state index is -2.09. The van der Waals surface area contributed by atoms with Gasteiger partial charge in [-0.1, -0.05) is 25.1 Å². The smallest absolute Gasteiger partial charge is 0.338 e. The number of aliphatic hydroxyl groups excluding tert-OH is 4. The number of nitrogens with zero attached hydrogens (tertiary/aromatic N) is 1. The molecule has 1 aromatic rings. The molecule has 5 saturated carbocycles. The van der Waals surface area contributed by atoms with Gasteiger partial charge in [-0.05, 0) is 31.0 Å². The van der Waals surface area contributed by atoms with Crippen molar-refractivity contribution in [2.24, 2.45) is 34.5 Å². The highest BCUT2D eigenvalue weighted by molar-refractivity contribution is 5.89. The highest BCUT2D eigenvalue weighted by Gasteiger charge is 2.92. The van der Waals surface area contributed by atoms with Crippen LogP contribution in [0.2, 0.25) is 0 Å². The van der Waals surface area contributed by atoms with Crippen molar-refractivity contribution in [2.45, 2.75) is 80.6 Å². The van der Waals surface area contributed by atoms with Crippen LogP contribution in [0.3, 0.4) is 0 Å². The number of fused-ring (bicyclic) bond motifs is 2. The predicted octanol–water partition coefficient (Wildman–Crippen LogP) is -0.660. The van der Waals surface area contributed by atoms with Crippen molar-refractivity contribution in [1.82, 2.24) is 4.90 Å². The lowest BCUT2D eigenvalue weighted by atomic mass is 9.42. The molecule has 15 atom stereocenters. The number of piperidine rings is 1. The van der Waals surface area contributed by atoms with Gasteiger partial charge in [-0.3, -0.25) is 9.69 Å². The Labute approximate surface area is 255 Å². The lowest BCUT2D eigenvalue weighted by Gasteiger charge is -2.70. The Kier molecular flexibility index (Phi) is 6.87. The summed E-state index contributed by atoms with van der Waals surface area (Å²) in [6.45, 7) is 3.66. The maximum Gasteiger partial charge on any atom is 0.338 e. The van der Waals surface area contributed by atoms with Crippen LogP contribution in [0.4, 0.5) is 0 Å². The standard InChI is InChI=1S/C32H43NO11/c1-5-33-13-29(14-34)18(36)11-19(41-3)31-17-12-30(40)25(37)26(38)32(44-15(2)35,21(24(31)33)22(42-4)23(29)31)20(17)27(30)43-28(39)16-9-7-6-8-10-16/h6-10,17-27,34,36-38,40H,5,11-14H2,1-4H3/t17-,18-,19+,20-,21-,22+,23-,24?,25+,26+,27-,29+,30+,31+,32-/m1/s1. The van der Waals surface area contributed by atoms with Crippen LogP contribution >= 0.6 is 0 Å². The average molecular weight is 618 g/mol. The number of rotatable bonds is 7. The molecule has 6 fully saturated rings. The van der Waals surface area contributed by atoms with E-state index < -0.39 is 100 Å². The Morgan fingerprint density at radius 1 is 1.05 bits per heavy atom.